The van der Waals surface area contributed by atoms with Crippen molar-refractivity contribution in [3.63, 3.8) is 0 Å². The minimum absolute atomic E-state index is 0.191. The van der Waals surface area contributed by atoms with Gasteiger partial charge in [0, 0.05) is 11.6 Å². The first kappa shape index (κ1) is 10.0. The van der Waals surface area contributed by atoms with Gasteiger partial charge in [-0.1, -0.05) is 12.1 Å². The number of nitrogens with zero attached hydrogens (tertiary/aromatic N) is 2. The monoisotopic (exact) mass is 228 g/mol. The highest BCUT2D eigenvalue weighted by atomic mass is 16.5. The van der Waals surface area contributed by atoms with E-state index in [0.717, 1.165) is 11.3 Å². The molecule has 0 unspecified atom stereocenters. The summed E-state index contributed by atoms with van der Waals surface area (Å²) in [4.78, 5) is 8.03. The van der Waals surface area contributed by atoms with E-state index in [0.29, 0.717) is 19.0 Å². The molecule has 4 N–H and O–H groups in total. The van der Waals surface area contributed by atoms with Crippen LogP contribution >= 0.6 is 0 Å². The average Bonchev–Trinajstić information content (AvgIpc) is 2.74. The molecule has 1 aromatic heterocycles. The first-order valence-corrected chi connectivity index (χ1v) is 5.32. The summed E-state index contributed by atoms with van der Waals surface area (Å²) < 4.78 is 5.37. The van der Waals surface area contributed by atoms with E-state index in [9.17, 15) is 0 Å². The first-order chi connectivity index (χ1) is 8.22. The van der Waals surface area contributed by atoms with Gasteiger partial charge in [0.1, 0.15) is 5.82 Å². The second-order valence-electron chi connectivity index (χ2n) is 4.01. The molecule has 0 fully saturated rings. The third-order valence-corrected chi connectivity index (χ3v) is 2.78. The van der Waals surface area contributed by atoms with Crippen LogP contribution in [0.5, 0.6) is 0 Å². The SMILES string of the molecule is Nc1cc(-c2ccc3c(c2)COC3)nc(N)n1. The minimum Gasteiger partial charge on any atom is -0.384 e. The highest BCUT2D eigenvalue weighted by Crippen LogP contribution is 2.26. The van der Waals surface area contributed by atoms with Crippen molar-refractivity contribution in [2.75, 3.05) is 11.5 Å². The highest BCUT2D eigenvalue weighted by Gasteiger charge is 2.12. The van der Waals surface area contributed by atoms with Gasteiger partial charge in [-0.3, -0.25) is 0 Å². The van der Waals surface area contributed by atoms with E-state index in [2.05, 4.69) is 16.0 Å². The zero-order valence-corrected chi connectivity index (χ0v) is 9.18. The molecule has 2 heterocycles. The molecule has 5 heteroatoms. The van der Waals surface area contributed by atoms with Crippen molar-refractivity contribution < 1.29 is 4.74 Å². The summed E-state index contributed by atoms with van der Waals surface area (Å²) in [6, 6.07) is 7.82. The fourth-order valence-corrected chi connectivity index (χ4v) is 1.96. The van der Waals surface area contributed by atoms with E-state index in [4.69, 9.17) is 16.2 Å². The second kappa shape index (κ2) is 3.71. The Labute approximate surface area is 98.4 Å². The van der Waals surface area contributed by atoms with Crippen LogP contribution in [0.15, 0.2) is 24.3 Å². The normalized spacial score (nSPS) is 13.6. The average molecular weight is 228 g/mol. The van der Waals surface area contributed by atoms with Gasteiger partial charge in [0.25, 0.3) is 0 Å². The van der Waals surface area contributed by atoms with Gasteiger partial charge < -0.3 is 16.2 Å². The van der Waals surface area contributed by atoms with Crippen LogP contribution in [0.1, 0.15) is 11.1 Å². The van der Waals surface area contributed by atoms with Crippen LogP contribution in [0.3, 0.4) is 0 Å². The predicted molar refractivity (Wildman–Crippen MR) is 64.8 cm³/mol. The molecule has 1 aliphatic heterocycles. The molecule has 0 saturated carbocycles. The van der Waals surface area contributed by atoms with Crippen molar-refractivity contribution in [1.82, 2.24) is 9.97 Å². The van der Waals surface area contributed by atoms with Gasteiger partial charge in [-0.05, 0) is 17.2 Å². The van der Waals surface area contributed by atoms with Gasteiger partial charge in [0.05, 0.1) is 18.9 Å². The Morgan fingerprint density at radius 3 is 2.65 bits per heavy atom. The standard InChI is InChI=1S/C12H12N4O/c13-11-4-10(15-12(14)16-11)7-1-2-8-5-17-6-9(8)3-7/h1-4H,5-6H2,(H4,13,14,15,16). The number of anilines is 2. The summed E-state index contributed by atoms with van der Waals surface area (Å²) in [5, 5.41) is 0. The number of rotatable bonds is 1. The van der Waals surface area contributed by atoms with E-state index in [1.807, 2.05) is 12.1 Å². The van der Waals surface area contributed by atoms with Gasteiger partial charge in [-0.25, -0.2) is 4.98 Å². The highest BCUT2D eigenvalue weighted by molar-refractivity contribution is 5.64. The number of aromatic nitrogens is 2. The van der Waals surface area contributed by atoms with E-state index in [-0.39, 0.29) is 5.95 Å². The van der Waals surface area contributed by atoms with Gasteiger partial charge in [0.15, 0.2) is 0 Å². The van der Waals surface area contributed by atoms with Crippen molar-refractivity contribution >= 4 is 11.8 Å². The van der Waals surface area contributed by atoms with Crippen LogP contribution in [-0.2, 0) is 18.0 Å². The molecule has 1 aromatic carbocycles. The maximum Gasteiger partial charge on any atom is 0.222 e. The van der Waals surface area contributed by atoms with Crippen LogP contribution < -0.4 is 11.5 Å². The van der Waals surface area contributed by atoms with Crippen molar-refractivity contribution in [3.05, 3.63) is 35.4 Å². The third kappa shape index (κ3) is 1.81. The van der Waals surface area contributed by atoms with Crippen LogP contribution in [0.2, 0.25) is 0 Å². The molecular weight excluding hydrogens is 216 g/mol. The number of fused-ring (bicyclic) bond motifs is 1. The molecule has 0 amide bonds. The minimum atomic E-state index is 0.191. The first-order valence-electron chi connectivity index (χ1n) is 5.32. The smallest absolute Gasteiger partial charge is 0.222 e. The lowest BCUT2D eigenvalue weighted by molar-refractivity contribution is 0.134. The summed E-state index contributed by atoms with van der Waals surface area (Å²) in [6.07, 6.45) is 0. The number of nitrogens with two attached hydrogens (primary N) is 2. The molecular formula is C12H12N4O. The summed E-state index contributed by atoms with van der Waals surface area (Å²) in [6.45, 7) is 1.34. The molecule has 2 aromatic rings. The van der Waals surface area contributed by atoms with E-state index >= 15 is 0 Å². The summed E-state index contributed by atoms with van der Waals surface area (Å²) in [5.74, 6) is 0.570. The molecule has 17 heavy (non-hydrogen) atoms. The number of benzene rings is 1. The van der Waals surface area contributed by atoms with E-state index < -0.39 is 0 Å². The number of ether oxygens (including phenoxy) is 1. The summed E-state index contributed by atoms with van der Waals surface area (Å²) in [7, 11) is 0. The Balaban J connectivity index is 2.09. The molecule has 0 saturated heterocycles. The second-order valence-corrected chi connectivity index (χ2v) is 4.01. The lowest BCUT2D eigenvalue weighted by Crippen LogP contribution is -2.00. The van der Waals surface area contributed by atoms with Crippen LogP contribution in [-0.4, -0.2) is 9.97 Å². The molecule has 3 rings (SSSR count). The van der Waals surface area contributed by atoms with Gasteiger partial charge >= 0.3 is 0 Å². The molecule has 1 aliphatic rings. The Morgan fingerprint density at radius 1 is 1.00 bits per heavy atom. The predicted octanol–water partition coefficient (Wildman–Crippen LogP) is 1.34. The van der Waals surface area contributed by atoms with Crippen LogP contribution in [0.25, 0.3) is 11.3 Å². The molecule has 0 radical (unpaired) electrons. The lowest BCUT2D eigenvalue weighted by Gasteiger charge is -2.05. The van der Waals surface area contributed by atoms with Gasteiger partial charge in [0.2, 0.25) is 5.95 Å². The van der Waals surface area contributed by atoms with Gasteiger partial charge in [-0.2, -0.15) is 4.98 Å². The maximum absolute atomic E-state index is 5.65. The zero-order valence-electron chi connectivity index (χ0n) is 9.18. The molecule has 86 valence electrons. The van der Waals surface area contributed by atoms with Crippen molar-refractivity contribution in [2.45, 2.75) is 13.2 Å². The molecule has 0 spiro atoms. The van der Waals surface area contributed by atoms with Crippen molar-refractivity contribution in [2.24, 2.45) is 0 Å². The van der Waals surface area contributed by atoms with E-state index in [1.54, 1.807) is 6.07 Å². The summed E-state index contributed by atoms with van der Waals surface area (Å²) >= 11 is 0. The number of hydrogen-bond acceptors (Lipinski definition) is 5. The largest absolute Gasteiger partial charge is 0.384 e. The summed E-state index contributed by atoms with van der Waals surface area (Å²) in [5.41, 5.74) is 15.4. The molecule has 0 bridgehead atoms. The topological polar surface area (TPSA) is 87.0 Å². The fraction of sp³-hybridized carbons (Fsp3) is 0.167. The third-order valence-electron chi connectivity index (χ3n) is 2.78. The molecule has 5 nitrogen and oxygen atoms in total. The van der Waals surface area contributed by atoms with Crippen LogP contribution in [0, 0.1) is 0 Å². The Bertz CT molecular complexity index is 562. The van der Waals surface area contributed by atoms with Crippen molar-refractivity contribution in [3.8, 4) is 11.3 Å². The number of hydrogen-bond donors (Lipinski definition) is 2. The Hall–Kier alpha value is -2.14. The molecule has 0 atom stereocenters. The Kier molecular flexibility index (Phi) is 2.19. The number of nitrogen functional groups attached to an aromatic ring is 2. The molecule has 0 aliphatic carbocycles. The quantitative estimate of drug-likeness (QED) is 0.769. The van der Waals surface area contributed by atoms with Gasteiger partial charge in [-0.15, -0.1) is 0 Å². The van der Waals surface area contributed by atoms with E-state index in [1.165, 1.54) is 11.1 Å². The van der Waals surface area contributed by atoms with Crippen LogP contribution in [0.4, 0.5) is 11.8 Å². The fourth-order valence-electron chi connectivity index (χ4n) is 1.96. The zero-order chi connectivity index (χ0) is 11.8. The van der Waals surface area contributed by atoms with Crippen molar-refractivity contribution in [1.29, 1.82) is 0 Å². The maximum atomic E-state index is 5.65. The Morgan fingerprint density at radius 2 is 1.82 bits per heavy atom. The lowest BCUT2D eigenvalue weighted by atomic mass is 10.0.